The van der Waals surface area contributed by atoms with Gasteiger partial charge in [-0.25, -0.2) is 4.79 Å². The molecule has 2 amide bonds. The summed E-state index contributed by atoms with van der Waals surface area (Å²) < 4.78 is 5.33. The van der Waals surface area contributed by atoms with Gasteiger partial charge in [-0.1, -0.05) is 0 Å². The molecule has 0 saturated carbocycles. The molecule has 2 heterocycles. The molecule has 0 radical (unpaired) electrons. The summed E-state index contributed by atoms with van der Waals surface area (Å²) >= 11 is 0. The standard InChI is InChI=1S/C11H18N2O3/c1-11(5-6-12-9(11)14)16-10(15)13-7-3-2-4-8-13/h2-8H2,1H3,(H,12,14). The molecule has 0 aromatic carbocycles. The van der Waals surface area contributed by atoms with Crippen LogP contribution >= 0.6 is 0 Å². The highest BCUT2D eigenvalue weighted by Crippen LogP contribution is 2.22. The summed E-state index contributed by atoms with van der Waals surface area (Å²) in [6.07, 6.45) is 3.43. The lowest BCUT2D eigenvalue weighted by molar-refractivity contribution is -0.134. The van der Waals surface area contributed by atoms with Crippen molar-refractivity contribution in [2.24, 2.45) is 0 Å². The number of ether oxygens (including phenoxy) is 1. The molecule has 90 valence electrons. The van der Waals surface area contributed by atoms with Crippen LogP contribution in [0.1, 0.15) is 32.6 Å². The van der Waals surface area contributed by atoms with E-state index in [-0.39, 0.29) is 12.0 Å². The maximum Gasteiger partial charge on any atom is 0.410 e. The van der Waals surface area contributed by atoms with Gasteiger partial charge < -0.3 is 15.0 Å². The molecule has 2 aliphatic rings. The van der Waals surface area contributed by atoms with Crippen LogP contribution in [0.4, 0.5) is 4.79 Å². The van der Waals surface area contributed by atoms with E-state index in [0.29, 0.717) is 13.0 Å². The van der Waals surface area contributed by atoms with Crippen molar-refractivity contribution in [3.63, 3.8) is 0 Å². The van der Waals surface area contributed by atoms with Crippen LogP contribution in [0.5, 0.6) is 0 Å². The van der Waals surface area contributed by atoms with Gasteiger partial charge in [-0.15, -0.1) is 0 Å². The van der Waals surface area contributed by atoms with E-state index >= 15 is 0 Å². The van der Waals surface area contributed by atoms with E-state index in [4.69, 9.17) is 4.74 Å². The molecule has 5 heteroatoms. The molecular weight excluding hydrogens is 208 g/mol. The third-order valence-corrected chi connectivity index (χ3v) is 3.29. The number of nitrogens with one attached hydrogen (secondary N) is 1. The van der Waals surface area contributed by atoms with Crippen LogP contribution in [-0.2, 0) is 9.53 Å². The largest absolute Gasteiger partial charge is 0.433 e. The number of nitrogens with zero attached hydrogens (tertiary/aromatic N) is 1. The fraction of sp³-hybridized carbons (Fsp3) is 0.818. The van der Waals surface area contributed by atoms with Gasteiger partial charge in [0.15, 0.2) is 5.60 Å². The molecule has 1 atom stereocenters. The van der Waals surface area contributed by atoms with E-state index < -0.39 is 5.60 Å². The number of piperidine rings is 1. The van der Waals surface area contributed by atoms with Crippen LogP contribution in [-0.4, -0.2) is 42.1 Å². The third-order valence-electron chi connectivity index (χ3n) is 3.29. The van der Waals surface area contributed by atoms with Gasteiger partial charge in [-0.05, 0) is 26.2 Å². The summed E-state index contributed by atoms with van der Waals surface area (Å²) in [5.41, 5.74) is -0.964. The van der Waals surface area contributed by atoms with Crippen LogP contribution in [0.15, 0.2) is 0 Å². The van der Waals surface area contributed by atoms with E-state index in [9.17, 15) is 9.59 Å². The quantitative estimate of drug-likeness (QED) is 0.722. The van der Waals surface area contributed by atoms with Gasteiger partial charge in [0, 0.05) is 26.1 Å². The van der Waals surface area contributed by atoms with Crippen molar-refractivity contribution < 1.29 is 14.3 Å². The molecule has 0 spiro atoms. The lowest BCUT2D eigenvalue weighted by Gasteiger charge is -2.30. The second-order valence-corrected chi connectivity index (χ2v) is 4.65. The van der Waals surface area contributed by atoms with E-state index in [2.05, 4.69) is 5.32 Å². The first-order valence-corrected chi connectivity index (χ1v) is 5.88. The van der Waals surface area contributed by atoms with Crippen LogP contribution in [0.3, 0.4) is 0 Å². The van der Waals surface area contributed by atoms with Crippen molar-refractivity contribution in [3.05, 3.63) is 0 Å². The molecule has 2 saturated heterocycles. The predicted octanol–water partition coefficient (Wildman–Crippen LogP) is 0.887. The molecule has 1 unspecified atom stereocenters. The van der Waals surface area contributed by atoms with Gasteiger partial charge in [0.1, 0.15) is 0 Å². The predicted molar refractivity (Wildman–Crippen MR) is 57.9 cm³/mol. The molecule has 16 heavy (non-hydrogen) atoms. The highest BCUT2D eigenvalue weighted by Gasteiger charge is 2.42. The number of carbonyl (C=O) groups is 2. The number of rotatable bonds is 1. The fourth-order valence-corrected chi connectivity index (χ4v) is 2.15. The minimum Gasteiger partial charge on any atom is -0.433 e. The molecular formula is C11H18N2O3. The Balaban J connectivity index is 1.93. The van der Waals surface area contributed by atoms with Crippen molar-refractivity contribution in [1.29, 1.82) is 0 Å². The van der Waals surface area contributed by atoms with Crippen LogP contribution in [0.2, 0.25) is 0 Å². The Kier molecular flexibility index (Phi) is 3.03. The average molecular weight is 226 g/mol. The van der Waals surface area contributed by atoms with Crippen molar-refractivity contribution >= 4 is 12.0 Å². The first kappa shape index (κ1) is 11.2. The number of hydrogen-bond acceptors (Lipinski definition) is 3. The minimum absolute atomic E-state index is 0.183. The number of likely N-dealkylation sites (tertiary alicyclic amines) is 1. The molecule has 0 bridgehead atoms. The molecule has 0 aliphatic carbocycles. The van der Waals surface area contributed by atoms with E-state index in [1.165, 1.54) is 6.42 Å². The van der Waals surface area contributed by atoms with E-state index in [0.717, 1.165) is 25.9 Å². The van der Waals surface area contributed by atoms with E-state index in [1.807, 2.05) is 0 Å². The first-order valence-electron chi connectivity index (χ1n) is 5.88. The van der Waals surface area contributed by atoms with Gasteiger partial charge in [-0.3, -0.25) is 4.79 Å². The summed E-state index contributed by atoms with van der Waals surface area (Å²) in [6.45, 7) is 3.76. The summed E-state index contributed by atoms with van der Waals surface area (Å²) in [6, 6.07) is 0. The van der Waals surface area contributed by atoms with Gasteiger partial charge in [0.05, 0.1) is 0 Å². The van der Waals surface area contributed by atoms with Crippen LogP contribution < -0.4 is 5.32 Å². The number of hydrogen-bond donors (Lipinski definition) is 1. The zero-order valence-corrected chi connectivity index (χ0v) is 9.62. The van der Waals surface area contributed by atoms with E-state index in [1.54, 1.807) is 11.8 Å². The molecule has 5 nitrogen and oxygen atoms in total. The Morgan fingerprint density at radius 2 is 2.06 bits per heavy atom. The number of carbonyl (C=O) groups excluding carboxylic acids is 2. The maximum atomic E-state index is 11.8. The van der Waals surface area contributed by atoms with Gasteiger partial charge in [0.2, 0.25) is 0 Å². The molecule has 0 aromatic rings. The van der Waals surface area contributed by atoms with Gasteiger partial charge in [0.25, 0.3) is 5.91 Å². The average Bonchev–Trinajstić information content (AvgIpc) is 2.60. The molecule has 1 N–H and O–H groups in total. The fourth-order valence-electron chi connectivity index (χ4n) is 2.15. The summed E-state index contributed by atoms with van der Waals surface area (Å²) in [7, 11) is 0. The Hall–Kier alpha value is -1.26. The second kappa shape index (κ2) is 4.31. The molecule has 2 fully saturated rings. The van der Waals surface area contributed by atoms with Crippen molar-refractivity contribution in [3.8, 4) is 0 Å². The van der Waals surface area contributed by atoms with Crippen molar-refractivity contribution in [1.82, 2.24) is 10.2 Å². The van der Waals surface area contributed by atoms with Gasteiger partial charge >= 0.3 is 6.09 Å². The summed E-state index contributed by atoms with van der Waals surface area (Å²) in [5.74, 6) is -0.183. The Labute approximate surface area is 95.1 Å². The second-order valence-electron chi connectivity index (χ2n) is 4.65. The monoisotopic (exact) mass is 226 g/mol. The lowest BCUT2D eigenvalue weighted by atomic mass is 10.1. The normalized spacial score (nSPS) is 30.1. The first-order chi connectivity index (χ1) is 7.62. The summed E-state index contributed by atoms with van der Waals surface area (Å²) in [4.78, 5) is 25.0. The third kappa shape index (κ3) is 2.13. The Bertz CT molecular complexity index is 300. The van der Waals surface area contributed by atoms with Crippen molar-refractivity contribution in [2.45, 2.75) is 38.2 Å². The highest BCUT2D eigenvalue weighted by atomic mass is 16.6. The molecule has 2 rings (SSSR count). The van der Waals surface area contributed by atoms with Gasteiger partial charge in [-0.2, -0.15) is 0 Å². The Morgan fingerprint density at radius 3 is 2.62 bits per heavy atom. The lowest BCUT2D eigenvalue weighted by Crippen LogP contribution is -2.45. The van der Waals surface area contributed by atoms with Crippen LogP contribution in [0, 0.1) is 0 Å². The Morgan fingerprint density at radius 1 is 1.38 bits per heavy atom. The molecule has 2 aliphatic heterocycles. The maximum absolute atomic E-state index is 11.8. The molecule has 0 aromatic heterocycles. The summed E-state index contributed by atoms with van der Waals surface area (Å²) in [5, 5.41) is 2.68. The smallest absolute Gasteiger partial charge is 0.410 e. The minimum atomic E-state index is -0.964. The zero-order chi connectivity index (χ0) is 11.6. The zero-order valence-electron chi connectivity index (χ0n) is 9.62. The highest BCUT2D eigenvalue weighted by molar-refractivity contribution is 5.89. The van der Waals surface area contributed by atoms with Crippen molar-refractivity contribution in [2.75, 3.05) is 19.6 Å². The number of amides is 2. The topological polar surface area (TPSA) is 58.6 Å². The SMILES string of the molecule is CC1(OC(=O)N2CCCCC2)CCNC1=O. The van der Waals surface area contributed by atoms with Crippen LogP contribution in [0.25, 0.3) is 0 Å².